The van der Waals surface area contributed by atoms with Gasteiger partial charge < -0.3 is 5.73 Å². The Morgan fingerprint density at radius 2 is 2.26 bits per heavy atom. The zero-order chi connectivity index (χ0) is 13.7. The summed E-state index contributed by atoms with van der Waals surface area (Å²) in [5.41, 5.74) is 5.99. The normalized spacial score (nSPS) is 21.9. The number of anilines is 1. The van der Waals surface area contributed by atoms with E-state index in [9.17, 15) is 4.79 Å². The van der Waals surface area contributed by atoms with Crippen LogP contribution in [0.1, 0.15) is 26.2 Å². The molecule has 1 aliphatic rings. The molecule has 2 unspecified atom stereocenters. The highest BCUT2D eigenvalue weighted by molar-refractivity contribution is 5.90. The van der Waals surface area contributed by atoms with Gasteiger partial charge in [-0.25, -0.2) is 9.97 Å². The van der Waals surface area contributed by atoms with E-state index in [-0.39, 0.29) is 18.0 Å². The number of rotatable bonds is 4. The van der Waals surface area contributed by atoms with E-state index in [1.807, 2.05) is 6.92 Å². The van der Waals surface area contributed by atoms with Crippen molar-refractivity contribution in [2.24, 2.45) is 5.73 Å². The topological polar surface area (TPSA) is 84.1 Å². The molecule has 0 saturated carbocycles. The van der Waals surface area contributed by atoms with Crippen LogP contribution < -0.4 is 11.1 Å². The number of nitrogens with one attached hydrogen (secondary N) is 1. The molecule has 0 aromatic carbocycles. The maximum Gasteiger partial charge on any atom is 0.240 e. The standard InChI is InChI=1S/C13H21N5O/c1-10(14)11-5-2-3-8-18(11)9-12(19)17-13-15-6-4-7-16-13/h4,6-7,10-11H,2-3,5,8-9,14H2,1H3,(H,15,16,17,19). The summed E-state index contributed by atoms with van der Waals surface area (Å²) in [6.45, 7) is 3.28. The largest absolute Gasteiger partial charge is 0.327 e. The first kappa shape index (κ1) is 13.9. The van der Waals surface area contributed by atoms with Gasteiger partial charge in [0.05, 0.1) is 6.54 Å². The van der Waals surface area contributed by atoms with Crippen LogP contribution in [0.2, 0.25) is 0 Å². The number of nitrogens with zero attached hydrogens (tertiary/aromatic N) is 3. The maximum absolute atomic E-state index is 12.0. The van der Waals surface area contributed by atoms with E-state index in [1.165, 1.54) is 6.42 Å². The molecule has 1 fully saturated rings. The predicted molar refractivity (Wildman–Crippen MR) is 73.5 cm³/mol. The Bertz CT molecular complexity index is 409. The van der Waals surface area contributed by atoms with E-state index in [0.717, 1.165) is 19.4 Å². The van der Waals surface area contributed by atoms with Crippen molar-refractivity contribution in [2.45, 2.75) is 38.3 Å². The minimum absolute atomic E-state index is 0.0843. The van der Waals surface area contributed by atoms with Crippen LogP contribution in [0.4, 0.5) is 5.95 Å². The van der Waals surface area contributed by atoms with E-state index in [4.69, 9.17) is 5.73 Å². The Labute approximate surface area is 113 Å². The maximum atomic E-state index is 12.0. The molecule has 1 saturated heterocycles. The smallest absolute Gasteiger partial charge is 0.240 e. The highest BCUT2D eigenvalue weighted by atomic mass is 16.2. The summed E-state index contributed by atoms with van der Waals surface area (Å²) in [6.07, 6.45) is 6.58. The molecule has 0 bridgehead atoms. The Morgan fingerprint density at radius 3 is 2.95 bits per heavy atom. The lowest BCUT2D eigenvalue weighted by Crippen LogP contribution is -2.51. The fraction of sp³-hybridized carbons (Fsp3) is 0.615. The quantitative estimate of drug-likeness (QED) is 0.831. The van der Waals surface area contributed by atoms with Crippen molar-refractivity contribution in [1.82, 2.24) is 14.9 Å². The first-order valence-electron chi connectivity index (χ1n) is 6.73. The summed E-state index contributed by atoms with van der Waals surface area (Å²) >= 11 is 0. The molecule has 3 N–H and O–H groups in total. The molecule has 0 spiro atoms. The van der Waals surface area contributed by atoms with Crippen LogP contribution in [0.3, 0.4) is 0 Å². The molecule has 0 radical (unpaired) electrons. The number of aromatic nitrogens is 2. The number of carbonyl (C=O) groups is 1. The predicted octanol–water partition coefficient (Wildman–Crippen LogP) is 0.617. The van der Waals surface area contributed by atoms with E-state index in [0.29, 0.717) is 12.5 Å². The third-order valence-electron chi connectivity index (χ3n) is 3.43. The molecular formula is C13H21N5O. The zero-order valence-electron chi connectivity index (χ0n) is 11.2. The van der Waals surface area contributed by atoms with Gasteiger partial charge in [-0.15, -0.1) is 0 Å². The summed E-state index contributed by atoms with van der Waals surface area (Å²) in [6, 6.07) is 2.09. The highest BCUT2D eigenvalue weighted by Crippen LogP contribution is 2.18. The Morgan fingerprint density at radius 1 is 1.53 bits per heavy atom. The van der Waals surface area contributed by atoms with Crippen molar-refractivity contribution < 1.29 is 4.79 Å². The third-order valence-corrected chi connectivity index (χ3v) is 3.43. The second-order valence-corrected chi connectivity index (χ2v) is 5.01. The highest BCUT2D eigenvalue weighted by Gasteiger charge is 2.26. The zero-order valence-corrected chi connectivity index (χ0v) is 11.2. The first-order valence-corrected chi connectivity index (χ1v) is 6.73. The Balaban J connectivity index is 1.90. The SMILES string of the molecule is CC(N)C1CCCCN1CC(=O)Nc1ncccn1. The fourth-order valence-electron chi connectivity index (χ4n) is 2.52. The number of nitrogens with two attached hydrogens (primary N) is 1. The van der Waals surface area contributed by atoms with Crippen molar-refractivity contribution in [3.8, 4) is 0 Å². The van der Waals surface area contributed by atoms with Gasteiger partial charge in [0, 0.05) is 24.5 Å². The monoisotopic (exact) mass is 263 g/mol. The summed E-state index contributed by atoms with van der Waals surface area (Å²) in [4.78, 5) is 22.1. The van der Waals surface area contributed by atoms with Gasteiger partial charge in [-0.2, -0.15) is 0 Å². The van der Waals surface area contributed by atoms with E-state index in [1.54, 1.807) is 18.5 Å². The first-order chi connectivity index (χ1) is 9.16. The van der Waals surface area contributed by atoms with Gasteiger partial charge >= 0.3 is 0 Å². The summed E-state index contributed by atoms with van der Waals surface area (Å²) in [5, 5.41) is 2.71. The number of hydrogen-bond acceptors (Lipinski definition) is 5. The minimum Gasteiger partial charge on any atom is -0.327 e. The van der Waals surface area contributed by atoms with Crippen LogP contribution in [0.15, 0.2) is 18.5 Å². The van der Waals surface area contributed by atoms with Crippen LogP contribution >= 0.6 is 0 Å². The van der Waals surface area contributed by atoms with Crippen LogP contribution in [0.5, 0.6) is 0 Å². The molecule has 6 heteroatoms. The van der Waals surface area contributed by atoms with Crippen molar-refractivity contribution in [3.63, 3.8) is 0 Å². The van der Waals surface area contributed by atoms with Crippen molar-refractivity contribution in [3.05, 3.63) is 18.5 Å². The number of likely N-dealkylation sites (tertiary alicyclic amines) is 1. The van der Waals surface area contributed by atoms with Gasteiger partial charge in [-0.05, 0) is 32.4 Å². The summed E-state index contributed by atoms with van der Waals surface area (Å²) < 4.78 is 0. The molecule has 19 heavy (non-hydrogen) atoms. The number of amides is 1. The second kappa shape index (κ2) is 6.58. The average Bonchev–Trinajstić information content (AvgIpc) is 2.40. The lowest BCUT2D eigenvalue weighted by atomic mass is 9.97. The van der Waals surface area contributed by atoms with Gasteiger partial charge in [0.25, 0.3) is 0 Å². The van der Waals surface area contributed by atoms with Gasteiger partial charge in [0.15, 0.2) is 0 Å². The summed E-state index contributed by atoms with van der Waals surface area (Å²) in [7, 11) is 0. The molecule has 104 valence electrons. The molecule has 1 amide bonds. The Hall–Kier alpha value is -1.53. The molecule has 1 aromatic heterocycles. The Kier molecular flexibility index (Phi) is 4.81. The van der Waals surface area contributed by atoms with Crippen LogP contribution in [0, 0.1) is 0 Å². The van der Waals surface area contributed by atoms with Gasteiger partial charge in [0.2, 0.25) is 11.9 Å². The minimum atomic E-state index is -0.0845. The molecule has 1 aromatic rings. The molecule has 2 heterocycles. The van der Waals surface area contributed by atoms with Crippen LogP contribution in [-0.2, 0) is 4.79 Å². The van der Waals surface area contributed by atoms with E-state index >= 15 is 0 Å². The second-order valence-electron chi connectivity index (χ2n) is 5.01. The van der Waals surface area contributed by atoms with Gasteiger partial charge in [-0.3, -0.25) is 15.0 Å². The fourth-order valence-corrected chi connectivity index (χ4v) is 2.52. The molecular weight excluding hydrogens is 242 g/mol. The van der Waals surface area contributed by atoms with Crippen molar-refractivity contribution in [2.75, 3.05) is 18.4 Å². The molecule has 1 aliphatic heterocycles. The average molecular weight is 263 g/mol. The molecule has 2 rings (SSSR count). The van der Waals surface area contributed by atoms with E-state index in [2.05, 4.69) is 20.2 Å². The van der Waals surface area contributed by atoms with Crippen molar-refractivity contribution >= 4 is 11.9 Å². The third kappa shape index (κ3) is 3.97. The van der Waals surface area contributed by atoms with Crippen molar-refractivity contribution in [1.29, 1.82) is 0 Å². The lowest BCUT2D eigenvalue weighted by Gasteiger charge is -2.37. The van der Waals surface area contributed by atoms with Crippen LogP contribution in [0.25, 0.3) is 0 Å². The van der Waals surface area contributed by atoms with Gasteiger partial charge in [0.1, 0.15) is 0 Å². The van der Waals surface area contributed by atoms with E-state index < -0.39 is 0 Å². The number of piperidine rings is 1. The van der Waals surface area contributed by atoms with Gasteiger partial charge in [-0.1, -0.05) is 6.42 Å². The molecule has 0 aliphatic carbocycles. The number of hydrogen-bond donors (Lipinski definition) is 2. The molecule has 6 nitrogen and oxygen atoms in total. The van der Waals surface area contributed by atoms with Crippen LogP contribution in [-0.4, -0.2) is 45.9 Å². The lowest BCUT2D eigenvalue weighted by molar-refractivity contribution is -0.118. The molecule has 2 atom stereocenters. The summed E-state index contributed by atoms with van der Waals surface area (Å²) in [5.74, 6) is 0.264. The number of carbonyl (C=O) groups excluding carboxylic acids is 1.